The van der Waals surface area contributed by atoms with Crippen LogP contribution in [-0.2, 0) is 39.2 Å². The Morgan fingerprint density at radius 1 is 1.04 bits per heavy atom. The molecular formula is C22H26F2N8O12P2. The molecule has 4 aromatic rings. The highest BCUT2D eigenvalue weighted by molar-refractivity contribution is 7.47. The number of aliphatic hydroxyl groups is 1. The third-order valence-corrected chi connectivity index (χ3v) is 8.82. The van der Waals surface area contributed by atoms with Crippen molar-refractivity contribution < 1.29 is 60.7 Å². The van der Waals surface area contributed by atoms with Crippen LogP contribution < -0.4 is 11.3 Å². The van der Waals surface area contributed by atoms with E-state index >= 15 is 4.39 Å². The number of hydrogen-bond acceptors (Lipinski definition) is 14. The summed E-state index contributed by atoms with van der Waals surface area (Å²) in [5, 5.41) is 10.2. The SMILES string of the molecule is Cn1cnc2c(c(F)cn2[C@H]2C[C@H](O)[C@@H](COP(=O)(O)O[C@H]3[C@@H](F)[C@H](n4cnc5c(N)ncnc54)O[C@@H]3COP(=O)(O)O)O2)c1=O. The van der Waals surface area contributed by atoms with Crippen molar-refractivity contribution in [2.75, 3.05) is 18.9 Å². The van der Waals surface area contributed by atoms with Gasteiger partial charge in [0, 0.05) is 19.7 Å². The van der Waals surface area contributed by atoms with Crippen molar-refractivity contribution in [1.29, 1.82) is 0 Å². The number of phosphoric acid groups is 2. The number of imidazole rings is 1. The molecule has 0 bridgehead atoms. The molecule has 0 spiro atoms. The van der Waals surface area contributed by atoms with Gasteiger partial charge in [0.05, 0.1) is 32.0 Å². The number of alkyl halides is 1. The molecule has 8 atom stereocenters. The average molecular weight is 694 g/mol. The van der Waals surface area contributed by atoms with Gasteiger partial charge >= 0.3 is 15.6 Å². The molecule has 1 unspecified atom stereocenters. The van der Waals surface area contributed by atoms with Crippen molar-refractivity contribution in [3.05, 3.63) is 41.3 Å². The summed E-state index contributed by atoms with van der Waals surface area (Å²) in [6, 6.07) is 0. The summed E-state index contributed by atoms with van der Waals surface area (Å²) in [4.78, 5) is 56.9. The topological polar surface area (TPSA) is 271 Å². The molecule has 0 amide bonds. The first-order valence-electron chi connectivity index (χ1n) is 13.3. The van der Waals surface area contributed by atoms with Crippen molar-refractivity contribution in [3.63, 3.8) is 0 Å². The third-order valence-electron chi connectivity index (χ3n) is 7.35. The van der Waals surface area contributed by atoms with Crippen LogP contribution >= 0.6 is 15.6 Å². The van der Waals surface area contributed by atoms with E-state index in [1.807, 2.05) is 0 Å². The summed E-state index contributed by atoms with van der Waals surface area (Å²) in [6.45, 7) is -1.75. The Hall–Kier alpha value is -3.27. The maximum atomic E-state index is 15.8. The lowest BCUT2D eigenvalue weighted by molar-refractivity contribution is -0.0549. The van der Waals surface area contributed by atoms with E-state index in [1.54, 1.807) is 0 Å². The molecule has 6 heterocycles. The van der Waals surface area contributed by atoms with E-state index in [-0.39, 0.29) is 34.4 Å². The lowest BCUT2D eigenvalue weighted by Crippen LogP contribution is -2.34. The largest absolute Gasteiger partial charge is 0.472 e. The highest BCUT2D eigenvalue weighted by Gasteiger charge is 2.51. The first-order valence-corrected chi connectivity index (χ1v) is 16.3. The van der Waals surface area contributed by atoms with E-state index in [0.717, 1.165) is 28.0 Å². The Labute approximate surface area is 255 Å². The molecule has 0 saturated carbocycles. The van der Waals surface area contributed by atoms with Gasteiger partial charge in [-0.2, -0.15) is 0 Å². The number of aryl methyl sites for hydroxylation is 1. The van der Waals surface area contributed by atoms with Crippen LogP contribution in [0.5, 0.6) is 0 Å². The standard InChI is InChI=1S/C22H26F2N8O12P2/c1-30-7-29-19-14(21(30)34)9(23)3-31(19)13-2-10(33)11(42-13)4-41-46(38,39)44-17-12(5-40-45(35,36)37)43-22(15(17)24)32-8-28-16-18(25)26-6-27-20(16)32/h3,6-8,10-13,15,17,22,33H,2,4-5H2,1H3,(H,38,39)(H2,25,26,27)(H2,35,36,37)/t10-,11+,12+,13+,15+,17+,22+/m0/s1. The summed E-state index contributed by atoms with van der Waals surface area (Å²) in [6.07, 6.45) is -7.02. The molecule has 250 valence electrons. The number of phosphoric ester groups is 2. The molecule has 6 N–H and O–H groups in total. The average Bonchev–Trinajstić information content (AvgIpc) is 3.73. The van der Waals surface area contributed by atoms with Gasteiger partial charge in [0.15, 0.2) is 35.3 Å². The molecule has 4 aromatic heterocycles. The number of anilines is 1. The van der Waals surface area contributed by atoms with Crippen LogP contribution in [0.2, 0.25) is 0 Å². The number of aromatic nitrogens is 7. The summed E-state index contributed by atoms with van der Waals surface area (Å²) >= 11 is 0. The van der Waals surface area contributed by atoms with Gasteiger partial charge in [-0.25, -0.2) is 37.8 Å². The van der Waals surface area contributed by atoms with Crippen LogP contribution in [0.25, 0.3) is 22.2 Å². The van der Waals surface area contributed by atoms with Gasteiger partial charge in [-0.1, -0.05) is 0 Å². The Balaban J connectivity index is 1.16. The van der Waals surface area contributed by atoms with Gasteiger partial charge in [-0.3, -0.25) is 22.9 Å². The number of halogens is 2. The predicted octanol–water partition coefficient (Wildman–Crippen LogP) is -0.208. The number of nitrogen functional groups attached to an aromatic ring is 1. The minimum atomic E-state index is -5.21. The second-order valence-electron chi connectivity index (χ2n) is 10.4. The predicted molar refractivity (Wildman–Crippen MR) is 147 cm³/mol. The van der Waals surface area contributed by atoms with Gasteiger partial charge in [0.1, 0.15) is 41.8 Å². The molecule has 2 aliphatic rings. The second kappa shape index (κ2) is 12.1. The molecule has 0 aliphatic carbocycles. The highest BCUT2D eigenvalue weighted by Crippen LogP contribution is 2.50. The maximum absolute atomic E-state index is 15.8. The van der Waals surface area contributed by atoms with E-state index in [1.165, 1.54) is 17.9 Å². The van der Waals surface area contributed by atoms with Gasteiger partial charge in [-0.05, 0) is 0 Å². The number of hydrogen-bond donors (Lipinski definition) is 5. The van der Waals surface area contributed by atoms with E-state index in [9.17, 15) is 28.3 Å². The van der Waals surface area contributed by atoms with E-state index < -0.39 is 83.3 Å². The second-order valence-corrected chi connectivity index (χ2v) is 13.0. The first kappa shape index (κ1) is 32.7. The zero-order valence-corrected chi connectivity index (χ0v) is 25.2. The molecule has 2 aliphatic heterocycles. The number of ether oxygens (including phenoxy) is 2. The normalized spacial score (nSPS) is 28.4. The van der Waals surface area contributed by atoms with Crippen LogP contribution in [0.1, 0.15) is 18.9 Å². The lowest BCUT2D eigenvalue weighted by Gasteiger charge is -2.23. The fourth-order valence-corrected chi connectivity index (χ4v) is 6.49. The molecule has 46 heavy (non-hydrogen) atoms. The lowest BCUT2D eigenvalue weighted by atomic mass is 10.1. The van der Waals surface area contributed by atoms with Crippen LogP contribution in [0.4, 0.5) is 14.6 Å². The van der Waals surface area contributed by atoms with Crippen molar-refractivity contribution in [1.82, 2.24) is 33.6 Å². The van der Waals surface area contributed by atoms with Gasteiger partial charge < -0.3 is 44.1 Å². The van der Waals surface area contributed by atoms with E-state index in [0.29, 0.717) is 0 Å². The van der Waals surface area contributed by atoms with Gasteiger partial charge in [-0.15, -0.1) is 0 Å². The van der Waals surface area contributed by atoms with Gasteiger partial charge in [0.25, 0.3) is 5.56 Å². The molecular weight excluding hydrogens is 668 g/mol. The minimum absolute atomic E-state index is 0.0201. The number of nitrogens with two attached hydrogens (primary N) is 1. The Bertz CT molecular complexity index is 1940. The molecule has 20 nitrogen and oxygen atoms in total. The van der Waals surface area contributed by atoms with Crippen molar-refractivity contribution in [2.24, 2.45) is 7.05 Å². The van der Waals surface area contributed by atoms with Crippen molar-refractivity contribution in [2.45, 2.75) is 49.5 Å². The molecule has 2 fully saturated rings. The molecule has 0 radical (unpaired) electrons. The fraction of sp³-hybridized carbons (Fsp3) is 0.500. The molecule has 0 aromatic carbocycles. The maximum Gasteiger partial charge on any atom is 0.472 e. The van der Waals surface area contributed by atoms with E-state index in [2.05, 4.69) is 24.5 Å². The van der Waals surface area contributed by atoms with Crippen molar-refractivity contribution in [3.8, 4) is 0 Å². The van der Waals surface area contributed by atoms with Crippen LogP contribution in [0.15, 0.2) is 30.0 Å². The molecule has 2 saturated heterocycles. The summed E-state index contributed by atoms with van der Waals surface area (Å²) in [5.41, 5.74) is 5.18. The monoisotopic (exact) mass is 694 g/mol. The Morgan fingerprint density at radius 2 is 1.78 bits per heavy atom. The zero-order chi connectivity index (χ0) is 33.1. The highest BCUT2D eigenvalue weighted by atomic mass is 31.2. The van der Waals surface area contributed by atoms with Crippen LogP contribution in [-0.4, -0.2) is 97.2 Å². The summed E-state index contributed by atoms with van der Waals surface area (Å²) in [5.74, 6) is -0.904. The van der Waals surface area contributed by atoms with Crippen LogP contribution in [0.3, 0.4) is 0 Å². The van der Waals surface area contributed by atoms with Crippen molar-refractivity contribution >= 4 is 43.7 Å². The quantitative estimate of drug-likeness (QED) is 0.134. The van der Waals surface area contributed by atoms with Crippen LogP contribution in [0, 0.1) is 5.82 Å². The number of fused-ring (bicyclic) bond motifs is 2. The number of rotatable bonds is 10. The Morgan fingerprint density at radius 3 is 2.52 bits per heavy atom. The van der Waals surface area contributed by atoms with Gasteiger partial charge in [0.2, 0.25) is 0 Å². The molecule has 24 heteroatoms. The first-order chi connectivity index (χ1) is 21.6. The third kappa shape index (κ3) is 6.21. The number of aliphatic hydroxyl groups excluding tert-OH is 1. The minimum Gasteiger partial charge on any atom is -0.390 e. The Kier molecular flexibility index (Phi) is 8.57. The smallest absolute Gasteiger partial charge is 0.390 e. The summed E-state index contributed by atoms with van der Waals surface area (Å²) in [7, 11) is -8.91. The van der Waals surface area contributed by atoms with E-state index in [4.69, 9.17) is 34.0 Å². The number of nitrogens with zero attached hydrogens (tertiary/aromatic N) is 7. The zero-order valence-electron chi connectivity index (χ0n) is 23.4. The summed E-state index contributed by atoms with van der Waals surface area (Å²) < 4.78 is 83.8. The fourth-order valence-electron chi connectivity index (χ4n) is 5.19. The molecule has 6 rings (SSSR count).